The summed E-state index contributed by atoms with van der Waals surface area (Å²) in [4.78, 5) is 51.3. The highest BCUT2D eigenvalue weighted by atomic mass is 16.6. The molecule has 2 aliphatic carbocycles. The Morgan fingerprint density at radius 1 is 0.577 bits per heavy atom. The van der Waals surface area contributed by atoms with Crippen LogP contribution in [0.25, 0.3) is 12.2 Å². The number of rotatable bonds is 12. The van der Waals surface area contributed by atoms with Crippen LogP contribution in [-0.2, 0) is 54.1 Å². The van der Waals surface area contributed by atoms with Gasteiger partial charge in [-0.3, -0.25) is 9.59 Å². The van der Waals surface area contributed by atoms with E-state index >= 15 is 0 Å². The molecule has 71 heavy (non-hydrogen) atoms. The molecule has 0 spiro atoms. The first kappa shape index (κ1) is 51.5. The number of ether oxygens (including phenoxy) is 5. The monoisotopic (exact) mass is 964 g/mol. The molecule has 10 heteroatoms. The van der Waals surface area contributed by atoms with Gasteiger partial charge in [0, 0.05) is 49.7 Å². The summed E-state index contributed by atoms with van der Waals surface area (Å²) in [7, 11) is 0. The summed E-state index contributed by atoms with van der Waals surface area (Å²) in [6, 6.07) is 39.4. The third-order valence-electron chi connectivity index (χ3n) is 17.0. The number of hydrogen-bond donors (Lipinski definition) is 1. The van der Waals surface area contributed by atoms with E-state index in [2.05, 4.69) is 45.1 Å². The fourth-order valence-corrected chi connectivity index (χ4v) is 13.6. The van der Waals surface area contributed by atoms with Gasteiger partial charge >= 0.3 is 17.9 Å². The van der Waals surface area contributed by atoms with Crippen molar-refractivity contribution in [3.05, 3.63) is 156 Å². The first-order valence-corrected chi connectivity index (χ1v) is 25.6. The highest BCUT2D eigenvalue weighted by Crippen LogP contribution is 2.66. The molecular weight excluding hydrogens is 891 g/mol. The molecule has 2 saturated carbocycles. The minimum absolute atomic E-state index is 0. The molecule has 6 aliphatic rings. The van der Waals surface area contributed by atoms with Crippen LogP contribution in [0.4, 0.5) is 0 Å². The molecule has 4 aromatic carbocycles. The lowest BCUT2D eigenvalue weighted by molar-refractivity contribution is -0.257. The van der Waals surface area contributed by atoms with Crippen LogP contribution >= 0.6 is 0 Å². The van der Waals surface area contributed by atoms with Crippen molar-refractivity contribution in [2.75, 3.05) is 0 Å². The fourth-order valence-electron chi connectivity index (χ4n) is 13.6. The van der Waals surface area contributed by atoms with Crippen molar-refractivity contribution in [3.63, 3.8) is 0 Å². The van der Waals surface area contributed by atoms with Gasteiger partial charge in [0.25, 0.3) is 0 Å². The highest BCUT2D eigenvalue weighted by Gasteiger charge is 2.73. The van der Waals surface area contributed by atoms with Gasteiger partial charge in [-0.1, -0.05) is 156 Å². The van der Waals surface area contributed by atoms with Crippen molar-refractivity contribution >= 4 is 36.0 Å². The van der Waals surface area contributed by atoms with Crippen molar-refractivity contribution in [3.8, 4) is 0 Å². The summed E-state index contributed by atoms with van der Waals surface area (Å²) in [6.07, 6.45) is 11.1. The van der Waals surface area contributed by atoms with Gasteiger partial charge < -0.3 is 29.0 Å². The van der Waals surface area contributed by atoms with E-state index in [9.17, 15) is 19.2 Å². The van der Waals surface area contributed by atoms with Gasteiger partial charge in [-0.15, -0.1) is 0 Å². The minimum Gasteiger partial charge on any atom is -0.459 e. The Morgan fingerprint density at radius 2 is 1.00 bits per heavy atom. The molecule has 4 bridgehead atoms. The molecule has 4 saturated heterocycles. The predicted octanol–water partition coefficient (Wildman–Crippen LogP) is 11.6. The van der Waals surface area contributed by atoms with E-state index in [4.69, 9.17) is 23.7 Å². The van der Waals surface area contributed by atoms with Crippen LogP contribution in [0.15, 0.2) is 133 Å². The molecule has 4 heterocycles. The molecule has 0 radical (unpaired) electrons. The number of carbonyl (C=O) groups excluding carboxylic acids is 4. The van der Waals surface area contributed by atoms with E-state index in [1.165, 1.54) is 12.2 Å². The first-order chi connectivity index (χ1) is 33.7. The molecule has 0 aromatic heterocycles. The lowest BCUT2D eigenvalue weighted by atomic mass is 9.70. The van der Waals surface area contributed by atoms with Crippen LogP contribution in [-0.4, -0.2) is 59.4 Å². The smallest absolute Gasteiger partial charge is 0.331 e. The summed E-state index contributed by atoms with van der Waals surface area (Å²) < 4.78 is 32.7. The molecule has 14 atom stereocenters. The van der Waals surface area contributed by atoms with E-state index in [1.54, 1.807) is 12.2 Å². The zero-order valence-corrected chi connectivity index (χ0v) is 41.5. The quantitative estimate of drug-likeness (QED) is 0.0839. The van der Waals surface area contributed by atoms with Crippen molar-refractivity contribution in [2.24, 2.45) is 35.5 Å². The second kappa shape index (κ2) is 21.1. The maximum atomic E-state index is 13.2. The predicted molar refractivity (Wildman–Crippen MR) is 275 cm³/mol. The Kier molecular flexibility index (Phi) is 15.3. The summed E-state index contributed by atoms with van der Waals surface area (Å²) in [6.45, 7) is 12.4. The maximum Gasteiger partial charge on any atom is 0.331 e. The third kappa shape index (κ3) is 9.66. The van der Waals surface area contributed by atoms with Crippen molar-refractivity contribution in [1.29, 1.82) is 0 Å². The topological polar surface area (TPSA) is 126 Å². The number of fused-ring (bicyclic) bond motifs is 8. The number of amides is 1. The van der Waals surface area contributed by atoms with Crippen LogP contribution < -0.4 is 5.32 Å². The maximum absolute atomic E-state index is 13.2. The molecule has 1 amide bonds. The fraction of sp³-hybridized carbons (Fsp3) is 0.475. The number of benzene rings is 4. The van der Waals surface area contributed by atoms with Crippen molar-refractivity contribution in [2.45, 2.75) is 147 Å². The van der Waals surface area contributed by atoms with Crippen molar-refractivity contribution < 1.29 is 42.9 Å². The molecule has 10 nitrogen and oxygen atoms in total. The second-order valence-corrected chi connectivity index (χ2v) is 21.0. The van der Waals surface area contributed by atoms with Crippen LogP contribution in [0, 0.1) is 35.5 Å². The zero-order chi connectivity index (χ0) is 49.3. The van der Waals surface area contributed by atoms with E-state index in [-0.39, 0.29) is 61.0 Å². The zero-order valence-electron chi connectivity index (χ0n) is 41.5. The molecule has 376 valence electrons. The van der Waals surface area contributed by atoms with Crippen LogP contribution in [0.5, 0.6) is 0 Å². The Bertz CT molecular complexity index is 2370. The summed E-state index contributed by atoms with van der Waals surface area (Å²) in [5.41, 5.74) is 1.03. The van der Waals surface area contributed by atoms with Crippen LogP contribution in [0.2, 0.25) is 0 Å². The van der Waals surface area contributed by atoms with Gasteiger partial charge in [-0.05, 0) is 97.6 Å². The van der Waals surface area contributed by atoms with E-state index < -0.39 is 40.7 Å². The average Bonchev–Trinajstić information content (AvgIpc) is 4.12. The number of esters is 3. The van der Waals surface area contributed by atoms with Gasteiger partial charge in [0.2, 0.25) is 5.91 Å². The lowest BCUT2D eigenvalue weighted by Crippen LogP contribution is -2.60. The second-order valence-electron chi connectivity index (χ2n) is 21.0. The molecule has 10 rings (SSSR count). The lowest BCUT2D eigenvalue weighted by Gasteiger charge is -2.51. The van der Waals surface area contributed by atoms with Gasteiger partial charge in [0.15, 0.2) is 0 Å². The molecule has 2 unspecified atom stereocenters. The van der Waals surface area contributed by atoms with Crippen LogP contribution in [0.1, 0.15) is 123 Å². The minimum atomic E-state index is -0.870. The van der Waals surface area contributed by atoms with Gasteiger partial charge in [-0.2, -0.15) is 0 Å². The third-order valence-corrected chi connectivity index (χ3v) is 17.0. The molecular formula is C61H73NO9. The van der Waals surface area contributed by atoms with Gasteiger partial charge in [0.1, 0.15) is 35.1 Å². The first-order valence-electron chi connectivity index (χ1n) is 25.6. The summed E-state index contributed by atoms with van der Waals surface area (Å²) in [5, 5.41) is 3.26. The molecule has 4 aliphatic heterocycles. The average molecular weight is 964 g/mol. The van der Waals surface area contributed by atoms with Gasteiger partial charge in [0.05, 0.1) is 11.6 Å². The molecule has 6 fully saturated rings. The van der Waals surface area contributed by atoms with E-state index in [1.807, 2.05) is 123 Å². The van der Waals surface area contributed by atoms with Crippen LogP contribution in [0.3, 0.4) is 0 Å². The standard InChI is InChI=1S/C30H35NO4.C30H34O5.CH4/c1-4-25(32)31-24-19-30(22-13-9-6-10-14-22)28(27-20(2)15-17-23(27)29(24,3)35-30)34-26(33)18-16-21-11-7-5-8-12-21;1-4-25(31)33-24-19-30(22-13-9-6-10-14-22)28(27-20(2)15-17-23(27)29(24,3)35-30)34-26(32)18-16-21-11-7-5-8-12-21;/h5-14,16,18,20,23-24,27-28H,4,15,17,19H2,1-3H3,(H,31,32);5-14,16,18,20,23-24,27-28H,4,15,17,19H2,1-3H3;1H4/b2*18-16+;/t2*20-,23-,24-,27?,28+,29+,30-;/m11./s1. The summed E-state index contributed by atoms with van der Waals surface area (Å²) >= 11 is 0. The van der Waals surface area contributed by atoms with Gasteiger partial charge in [-0.25, -0.2) is 9.59 Å². The van der Waals surface area contributed by atoms with E-state index in [0.717, 1.165) is 47.9 Å². The Balaban J connectivity index is 0.000000188. The number of carbonyl (C=O) groups is 4. The largest absolute Gasteiger partial charge is 0.459 e. The van der Waals surface area contributed by atoms with E-state index in [0.29, 0.717) is 37.5 Å². The summed E-state index contributed by atoms with van der Waals surface area (Å²) in [5.74, 6) is 0.436. The normalized spacial score (nSPS) is 35.1. The number of hydrogen-bond acceptors (Lipinski definition) is 9. The Labute approximate surface area is 420 Å². The van der Waals surface area contributed by atoms with Crippen molar-refractivity contribution in [1.82, 2.24) is 5.32 Å². The Morgan fingerprint density at radius 3 is 1.45 bits per heavy atom. The molecule has 4 aromatic rings. The Hall–Kier alpha value is -5.84. The highest BCUT2D eigenvalue weighted by molar-refractivity contribution is 5.88. The number of nitrogens with one attached hydrogen (secondary N) is 1. The SMILES string of the molecule is C.CCC(=O)N[C@@H]1C[C@]2(c3ccccc3)O[C@@]1(C)[C@@H]1CC[C@@H](C)C1[C@@H]2OC(=O)/C=C/c1ccccc1.CCC(=O)O[C@@H]1C[C@]2(c3ccccc3)O[C@@]1(C)[C@@H]1CC[C@@H](C)C1[C@@H]2OC(=O)/C=C/c1ccccc1. The molecule has 1 N–H and O–H groups in total.